The average Bonchev–Trinajstić information content (AvgIpc) is 2.43. The molecule has 21 heavy (non-hydrogen) atoms. The minimum Gasteiger partial charge on any atom is -0.393 e. The lowest BCUT2D eigenvalue weighted by molar-refractivity contribution is -0.0919. The SMILES string of the molecule is C1C2CC3CC1CC(C2)C3.OC1C2CC3CC(C2)CC1C3. The summed E-state index contributed by atoms with van der Waals surface area (Å²) in [5.41, 5.74) is 0. The monoisotopic (exact) mass is 288 g/mol. The second-order valence-corrected chi connectivity index (χ2v) is 9.80. The molecule has 8 aliphatic rings. The molecule has 8 saturated carbocycles. The summed E-state index contributed by atoms with van der Waals surface area (Å²) in [6, 6.07) is 0. The van der Waals surface area contributed by atoms with E-state index in [1.54, 1.807) is 38.5 Å². The molecular formula is C20H32O. The van der Waals surface area contributed by atoms with Gasteiger partial charge in [0, 0.05) is 0 Å². The van der Waals surface area contributed by atoms with Crippen LogP contribution in [0.15, 0.2) is 0 Å². The van der Waals surface area contributed by atoms with Gasteiger partial charge in [-0.05, 0) is 118 Å². The van der Waals surface area contributed by atoms with Gasteiger partial charge in [-0.3, -0.25) is 0 Å². The molecule has 8 bridgehead atoms. The first-order valence-electron chi connectivity index (χ1n) is 9.91. The minimum absolute atomic E-state index is 0.0859. The Morgan fingerprint density at radius 2 is 0.619 bits per heavy atom. The topological polar surface area (TPSA) is 20.2 Å². The molecule has 0 radical (unpaired) electrons. The number of aliphatic hydroxyl groups excluding tert-OH is 1. The molecule has 0 heterocycles. The van der Waals surface area contributed by atoms with Crippen molar-refractivity contribution >= 4 is 0 Å². The van der Waals surface area contributed by atoms with Crippen LogP contribution in [-0.2, 0) is 0 Å². The molecule has 1 N–H and O–H groups in total. The van der Waals surface area contributed by atoms with Gasteiger partial charge in [0.05, 0.1) is 6.10 Å². The van der Waals surface area contributed by atoms with Crippen LogP contribution in [0.4, 0.5) is 0 Å². The van der Waals surface area contributed by atoms with Crippen molar-refractivity contribution < 1.29 is 5.11 Å². The molecule has 8 fully saturated rings. The summed E-state index contributed by atoms with van der Waals surface area (Å²) in [4.78, 5) is 0. The molecule has 0 unspecified atom stereocenters. The molecule has 0 aromatic carbocycles. The van der Waals surface area contributed by atoms with Gasteiger partial charge in [-0.1, -0.05) is 0 Å². The largest absolute Gasteiger partial charge is 0.393 e. The lowest BCUT2D eigenvalue weighted by Gasteiger charge is -2.52. The van der Waals surface area contributed by atoms with Gasteiger partial charge < -0.3 is 5.11 Å². The van der Waals surface area contributed by atoms with E-state index >= 15 is 0 Å². The van der Waals surface area contributed by atoms with Gasteiger partial charge in [0.2, 0.25) is 0 Å². The van der Waals surface area contributed by atoms with Crippen molar-refractivity contribution in [3.05, 3.63) is 0 Å². The van der Waals surface area contributed by atoms with Crippen LogP contribution in [0.25, 0.3) is 0 Å². The fourth-order valence-electron chi connectivity index (χ4n) is 7.88. The second-order valence-electron chi connectivity index (χ2n) is 9.80. The van der Waals surface area contributed by atoms with E-state index in [1.165, 1.54) is 55.8 Å². The van der Waals surface area contributed by atoms with Crippen molar-refractivity contribution in [1.82, 2.24) is 0 Å². The fourth-order valence-corrected chi connectivity index (χ4v) is 7.88. The van der Waals surface area contributed by atoms with Crippen molar-refractivity contribution in [3.63, 3.8) is 0 Å². The summed E-state index contributed by atoms with van der Waals surface area (Å²) < 4.78 is 0. The van der Waals surface area contributed by atoms with Crippen molar-refractivity contribution in [1.29, 1.82) is 0 Å². The van der Waals surface area contributed by atoms with Gasteiger partial charge in [0.15, 0.2) is 0 Å². The third-order valence-corrected chi connectivity index (χ3v) is 8.18. The van der Waals surface area contributed by atoms with E-state index in [0.29, 0.717) is 11.8 Å². The van der Waals surface area contributed by atoms with Gasteiger partial charge in [0.25, 0.3) is 0 Å². The van der Waals surface area contributed by atoms with E-state index in [2.05, 4.69) is 0 Å². The molecule has 1 nitrogen and oxygen atoms in total. The molecule has 0 saturated heterocycles. The van der Waals surface area contributed by atoms with E-state index < -0.39 is 0 Å². The molecule has 0 aromatic rings. The van der Waals surface area contributed by atoms with Crippen LogP contribution in [0.3, 0.4) is 0 Å². The van der Waals surface area contributed by atoms with Gasteiger partial charge in [-0.2, -0.15) is 0 Å². The highest BCUT2D eigenvalue weighted by molar-refractivity contribution is 4.98. The van der Waals surface area contributed by atoms with Crippen LogP contribution in [0.1, 0.15) is 70.6 Å². The highest BCUT2D eigenvalue weighted by Gasteiger charge is 2.47. The number of aliphatic hydroxyl groups is 1. The summed E-state index contributed by atoms with van der Waals surface area (Å²) in [6.07, 6.45) is 16.6. The van der Waals surface area contributed by atoms with E-state index in [0.717, 1.165) is 11.8 Å². The van der Waals surface area contributed by atoms with Crippen molar-refractivity contribution in [2.24, 2.45) is 47.3 Å². The van der Waals surface area contributed by atoms with Crippen molar-refractivity contribution in [2.45, 2.75) is 76.7 Å². The van der Waals surface area contributed by atoms with E-state index in [9.17, 15) is 5.11 Å². The van der Waals surface area contributed by atoms with Gasteiger partial charge in [-0.25, -0.2) is 0 Å². The third-order valence-electron chi connectivity index (χ3n) is 8.18. The van der Waals surface area contributed by atoms with E-state index in [1.807, 2.05) is 0 Å². The molecule has 0 amide bonds. The normalized spacial score (nSPS) is 59.0. The highest BCUT2D eigenvalue weighted by atomic mass is 16.3. The smallest absolute Gasteiger partial charge is 0.0596 e. The summed E-state index contributed by atoms with van der Waals surface area (Å²) >= 11 is 0. The highest BCUT2D eigenvalue weighted by Crippen LogP contribution is 2.54. The molecule has 8 rings (SSSR count). The predicted molar refractivity (Wildman–Crippen MR) is 84.7 cm³/mol. The number of hydrogen-bond donors (Lipinski definition) is 1. The molecule has 0 spiro atoms. The summed E-state index contributed by atoms with van der Waals surface area (Å²) in [7, 11) is 0. The van der Waals surface area contributed by atoms with Crippen molar-refractivity contribution in [3.8, 4) is 0 Å². The Kier molecular flexibility index (Phi) is 3.18. The third kappa shape index (κ3) is 2.38. The first-order valence-corrected chi connectivity index (χ1v) is 9.91. The van der Waals surface area contributed by atoms with Crippen LogP contribution in [0.5, 0.6) is 0 Å². The lowest BCUT2D eigenvalue weighted by atomic mass is 9.55. The van der Waals surface area contributed by atoms with Crippen LogP contribution in [0.2, 0.25) is 0 Å². The Balaban J connectivity index is 0.0000000996. The first kappa shape index (κ1) is 13.4. The average molecular weight is 288 g/mol. The number of rotatable bonds is 0. The Morgan fingerprint density at radius 1 is 0.381 bits per heavy atom. The van der Waals surface area contributed by atoms with Gasteiger partial charge >= 0.3 is 0 Å². The zero-order chi connectivity index (χ0) is 14.0. The van der Waals surface area contributed by atoms with Crippen LogP contribution < -0.4 is 0 Å². The molecule has 0 aromatic heterocycles. The van der Waals surface area contributed by atoms with Gasteiger partial charge in [0.1, 0.15) is 0 Å². The fraction of sp³-hybridized carbons (Fsp3) is 1.00. The molecule has 1 heteroatoms. The lowest BCUT2D eigenvalue weighted by Crippen LogP contribution is -2.48. The Hall–Kier alpha value is -0.0400. The summed E-state index contributed by atoms with van der Waals surface area (Å²) in [5, 5.41) is 9.83. The molecule has 0 aliphatic heterocycles. The van der Waals surface area contributed by atoms with Crippen LogP contribution in [0, 0.1) is 47.3 Å². The Bertz CT molecular complexity index is 316. The Morgan fingerprint density at radius 3 is 0.905 bits per heavy atom. The standard InChI is InChI=1S/C10H16O.C10H16/c11-10-8-2-6-1-7(4-8)5-9(10)3-6;1-7-2-9-4-8(1)5-10(3-7)6-9/h6-11H,1-5H2;7-10H,1-6H2. The van der Waals surface area contributed by atoms with Crippen LogP contribution >= 0.6 is 0 Å². The maximum Gasteiger partial charge on any atom is 0.0596 e. The quantitative estimate of drug-likeness (QED) is 0.688. The zero-order valence-electron chi connectivity index (χ0n) is 13.4. The van der Waals surface area contributed by atoms with E-state index in [4.69, 9.17) is 0 Å². The van der Waals surface area contributed by atoms with E-state index in [-0.39, 0.29) is 6.10 Å². The zero-order valence-corrected chi connectivity index (χ0v) is 13.4. The molecule has 0 atom stereocenters. The first-order chi connectivity index (χ1) is 10.2. The second kappa shape index (κ2) is 4.98. The predicted octanol–water partition coefficient (Wildman–Crippen LogP) is 4.64. The summed E-state index contributed by atoms with van der Waals surface area (Å²) in [5.74, 6) is 8.11. The van der Waals surface area contributed by atoms with Gasteiger partial charge in [-0.15, -0.1) is 0 Å². The summed E-state index contributed by atoms with van der Waals surface area (Å²) in [6.45, 7) is 0. The Labute approximate surface area is 129 Å². The maximum atomic E-state index is 9.83. The molecular weight excluding hydrogens is 256 g/mol. The number of hydrogen-bond acceptors (Lipinski definition) is 1. The minimum atomic E-state index is 0.0859. The molecule has 8 aliphatic carbocycles. The molecule has 118 valence electrons. The van der Waals surface area contributed by atoms with Crippen LogP contribution in [-0.4, -0.2) is 11.2 Å². The van der Waals surface area contributed by atoms with Crippen molar-refractivity contribution in [2.75, 3.05) is 0 Å². The maximum absolute atomic E-state index is 9.83.